The van der Waals surface area contributed by atoms with E-state index in [1.165, 1.54) is 0 Å². The number of hydrogen-bond acceptors (Lipinski definition) is 1. The molecule has 0 aromatic heterocycles. The maximum Gasteiger partial charge on any atom is 0.0866 e. The maximum absolute atomic E-state index is 5.55. The molecule has 0 bridgehead atoms. The smallest absolute Gasteiger partial charge is 0.0866 e. The van der Waals surface area contributed by atoms with Gasteiger partial charge < -0.3 is 4.74 Å². The highest BCUT2D eigenvalue weighted by molar-refractivity contribution is 5.06. The molecule has 0 N–H and O–H groups in total. The van der Waals surface area contributed by atoms with Crippen molar-refractivity contribution < 1.29 is 4.74 Å². The van der Waals surface area contributed by atoms with Crippen LogP contribution in [0, 0.1) is 0 Å². The molecule has 1 heterocycles. The molecular formula is C8H14O. The second-order valence-electron chi connectivity index (χ2n) is 3.56. The van der Waals surface area contributed by atoms with E-state index in [0.717, 1.165) is 6.42 Å². The van der Waals surface area contributed by atoms with Gasteiger partial charge in [0.25, 0.3) is 0 Å². The van der Waals surface area contributed by atoms with Crippen molar-refractivity contribution in [1.29, 1.82) is 0 Å². The van der Waals surface area contributed by atoms with E-state index in [9.17, 15) is 0 Å². The molecule has 1 fully saturated rings. The largest absolute Gasteiger partial charge is 0.365 e. The highest BCUT2D eigenvalue weighted by Crippen LogP contribution is 2.41. The van der Waals surface area contributed by atoms with E-state index in [2.05, 4.69) is 27.4 Å². The normalized spacial score (nSPS) is 39.4. The van der Waals surface area contributed by atoms with Crippen LogP contribution in [0.1, 0.15) is 27.2 Å². The lowest BCUT2D eigenvalue weighted by Crippen LogP contribution is -2.53. The third-order valence-corrected chi connectivity index (χ3v) is 1.72. The van der Waals surface area contributed by atoms with Crippen molar-refractivity contribution >= 4 is 0 Å². The van der Waals surface area contributed by atoms with Gasteiger partial charge in [0, 0.05) is 6.42 Å². The number of ether oxygens (including phenoxy) is 1. The van der Waals surface area contributed by atoms with Gasteiger partial charge in [0.15, 0.2) is 0 Å². The predicted octanol–water partition coefficient (Wildman–Crippen LogP) is 2.13. The van der Waals surface area contributed by atoms with Gasteiger partial charge in [-0.15, -0.1) is 6.58 Å². The fourth-order valence-electron chi connectivity index (χ4n) is 1.58. The lowest BCUT2D eigenvalue weighted by atomic mass is 9.83. The molecular weight excluding hydrogens is 112 g/mol. The zero-order valence-electron chi connectivity index (χ0n) is 6.40. The summed E-state index contributed by atoms with van der Waals surface area (Å²) in [4.78, 5) is 0. The fraction of sp³-hybridized carbons (Fsp3) is 0.750. The van der Waals surface area contributed by atoms with Crippen LogP contribution in [0.15, 0.2) is 12.7 Å². The summed E-state index contributed by atoms with van der Waals surface area (Å²) in [6.45, 7) is 9.95. The first kappa shape index (κ1) is 6.81. The monoisotopic (exact) mass is 126 g/mol. The third-order valence-electron chi connectivity index (χ3n) is 1.72. The van der Waals surface area contributed by atoms with Crippen molar-refractivity contribution in [2.24, 2.45) is 0 Å². The van der Waals surface area contributed by atoms with E-state index in [-0.39, 0.29) is 11.2 Å². The molecule has 0 radical (unpaired) electrons. The highest BCUT2D eigenvalue weighted by Gasteiger charge is 2.44. The standard InChI is InChI=1S/C8H14O/c1-5-8(4)6-7(2,3)9-8/h5H,1,6H2,2-4H3. The Balaban J connectivity index is 2.50. The Morgan fingerprint density at radius 3 is 2.00 bits per heavy atom. The zero-order chi connectivity index (χ0) is 7.12. The molecule has 0 aliphatic carbocycles. The minimum Gasteiger partial charge on any atom is -0.365 e. The summed E-state index contributed by atoms with van der Waals surface area (Å²) >= 11 is 0. The first-order valence-electron chi connectivity index (χ1n) is 3.31. The van der Waals surface area contributed by atoms with E-state index >= 15 is 0 Å². The lowest BCUT2D eigenvalue weighted by Gasteiger charge is -2.49. The average molecular weight is 126 g/mol. The van der Waals surface area contributed by atoms with Gasteiger partial charge >= 0.3 is 0 Å². The second kappa shape index (κ2) is 1.60. The molecule has 9 heavy (non-hydrogen) atoms. The topological polar surface area (TPSA) is 9.23 Å². The molecule has 0 saturated carbocycles. The van der Waals surface area contributed by atoms with Crippen LogP contribution in [0.3, 0.4) is 0 Å². The highest BCUT2D eigenvalue weighted by atomic mass is 16.5. The Bertz CT molecular complexity index is 128. The molecule has 1 nitrogen and oxygen atoms in total. The van der Waals surface area contributed by atoms with Crippen molar-refractivity contribution in [3.8, 4) is 0 Å². The Hall–Kier alpha value is -0.300. The van der Waals surface area contributed by atoms with E-state index in [1.54, 1.807) is 0 Å². The van der Waals surface area contributed by atoms with E-state index in [4.69, 9.17) is 4.74 Å². The SMILES string of the molecule is C=CC1(C)CC(C)(C)O1. The first-order valence-corrected chi connectivity index (χ1v) is 3.31. The second-order valence-corrected chi connectivity index (χ2v) is 3.56. The van der Waals surface area contributed by atoms with Gasteiger partial charge in [-0.25, -0.2) is 0 Å². The van der Waals surface area contributed by atoms with Gasteiger partial charge in [-0.2, -0.15) is 0 Å². The van der Waals surface area contributed by atoms with Crippen LogP contribution in [0.4, 0.5) is 0 Å². The summed E-state index contributed by atoms with van der Waals surface area (Å²) in [6, 6.07) is 0. The van der Waals surface area contributed by atoms with Gasteiger partial charge in [-0.1, -0.05) is 6.08 Å². The Morgan fingerprint density at radius 2 is 1.89 bits per heavy atom. The van der Waals surface area contributed by atoms with E-state index in [1.807, 2.05) is 6.08 Å². The third kappa shape index (κ3) is 1.16. The summed E-state index contributed by atoms with van der Waals surface area (Å²) in [6.07, 6.45) is 2.96. The van der Waals surface area contributed by atoms with Gasteiger partial charge in [0.05, 0.1) is 11.2 Å². The van der Waals surface area contributed by atoms with Crippen molar-refractivity contribution in [2.75, 3.05) is 0 Å². The van der Waals surface area contributed by atoms with Gasteiger partial charge in [-0.3, -0.25) is 0 Å². The summed E-state index contributed by atoms with van der Waals surface area (Å²) in [5, 5.41) is 0. The quantitative estimate of drug-likeness (QED) is 0.489. The van der Waals surface area contributed by atoms with E-state index in [0.29, 0.717) is 0 Å². The minimum absolute atomic E-state index is 0.0382. The Labute approximate surface area is 56.7 Å². The summed E-state index contributed by atoms with van der Waals surface area (Å²) in [7, 11) is 0. The molecule has 52 valence electrons. The molecule has 1 aliphatic rings. The molecule has 1 unspecified atom stereocenters. The van der Waals surface area contributed by atoms with Gasteiger partial charge in [-0.05, 0) is 20.8 Å². The number of hydrogen-bond donors (Lipinski definition) is 0. The number of rotatable bonds is 1. The van der Waals surface area contributed by atoms with Crippen LogP contribution < -0.4 is 0 Å². The van der Waals surface area contributed by atoms with Crippen LogP contribution >= 0.6 is 0 Å². The zero-order valence-corrected chi connectivity index (χ0v) is 6.40. The van der Waals surface area contributed by atoms with Gasteiger partial charge in [0.2, 0.25) is 0 Å². The molecule has 1 rings (SSSR count). The molecule has 1 aliphatic heterocycles. The molecule has 1 atom stereocenters. The lowest BCUT2D eigenvalue weighted by molar-refractivity contribution is -0.221. The predicted molar refractivity (Wildman–Crippen MR) is 38.4 cm³/mol. The van der Waals surface area contributed by atoms with Crippen LogP contribution in [0.2, 0.25) is 0 Å². The summed E-state index contributed by atoms with van der Waals surface area (Å²) < 4.78 is 5.55. The molecule has 0 amide bonds. The summed E-state index contributed by atoms with van der Waals surface area (Å²) in [5.74, 6) is 0. The molecule has 1 heteroatoms. The van der Waals surface area contributed by atoms with Crippen LogP contribution in [-0.2, 0) is 4.74 Å². The summed E-state index contributed by atoms with van der Waals surface area (Å²) in [5.41, 5.74) is 0.0481. The van der Waals surface area contributed by atoms with Crippen LogP contribution in [-0.4, -0.2) is 11.2 Å². The average Bonchev–Trinajstić information content (AvgIpc) is 1.61. The van der Waals surface area contributed by atoms with Crippen LogP contribution in [0.5, 0.6) is 0 Å². The Kier molecular flexibility index (Phi) is 1.21. The van der Waals surface area contributed by atoms with Crippen LogP contribution in [0.25, 0.3) is 0 Å². The fourth-order valence-corrected chi connectivity index (χ4v) is 1.58. The first-order chi connectivity index (χ1) is 3.97. The van der Waals surface area contributed by atoms with Crippen molar-refractivity contribution in [1.82, 2.24) is 0 Å². The molecule has 0 spiro atoms. The van der Waals surface area contributed by atoms with Crippen molar-refractivity contribution in [2.45, 2.75) is 38.4 Å². The van der Waals surface area contributed by atoms with Gasteiger partial charge in [0.1, 0.15) is 0 Å². The van der Waals surface area contributed by atoms with Crippen molar-refractivity contribution in [3.05, 3.63) is 12.7 Å². The molecule has 0 aromatic rings. The van der Waals surface area contributed by atoms with E-state index < -0.39 is 0 Å². The van der Waals surface area contributed by atoms with Crippen molar-refractivity contribution in [3.63, 3.8) is 0 Å². The maximum atomic E-state index is 5.55. The Morgan fingerprint density at radius 1 is 1.44 bits per heavy atom. The molecule has 1 saturated heterocycles. The molecule has 0 aromatic carbocycles. The minimum atomic E-state index is -0.0382.